The van der Waals surface area contributed by atoms with Crippen LogP contribution in [0.2, 0.25) is 0 Å². The fourth-order valence-corrected chi connectivity index (χ4v) is 2.51. The molecule has 0 unspecified atom stereocenters. The van der Waals surface area contributed by atoms with Gasteiger partial charge in [0.25, 0.3) is 0 Å². The van der Waals surface area contributed by atoms with Crippen LogP contribution in [0.25, 0.3) is 5.69 Å². The van der Waals surface area contributed by atoms with Gasteiger partial charge >= 0.3 is 0 Å². The van der Waals surface area contributed by atoms with Crippen LogP contribution in [0.15, 0.2) is 48.1 Å². The molecule has 5 heteroatoms. The quantitative estimate of drug-likeness (QED) is 0.383. The molecule has 23 heavy (non-hydrogen) atoms. The Labute approximate surface area is 142 Å². The minimum absolute atomic E-state index is 0.480. The Bertz CT molecular complexity index is 726. The summed E-state index contributed by atoms with van der Waals surface area (Å²) in [5.41, 5.74) is 8.57. The van der Waals surface area contributed by atoms with Gasteiger partial charge < -0.3 is 9.88 Å². The van der Waals surface area contributed by atoms with Crippen LogP contribution in [-0.4, -0.2) is 22.4 Å². The summed E-state index contributed by atoms with van der Waals surface area (Å²) in [5, 5.41) is 7.64. The second-order valence-electron chi connectivity index (χ2n) is 5.37. The van der Waals surface area contributed by atoms with E-state index in [1.54, 1.807) is 12.3 Å². The van der Waals surface area contributed by atoms with Gasteiger partial charge in [-0.25, -0.2) is 0 Å². The molecule has 2 N–H and O–H groups in total. The predicted molar refractivity (Wildman–Crippen MR) is 102 cm³/mol. The molecule has 120 valence electrons. The highest BCUT2D eigenvalue weighted by Gasteiger charge is 2.09. The molecule has 0 aliphatic carbocycles. The molecule has 1 aromatic heterocycles. The van der Waals surface area contributed by atoms with Gasteiger partial charge in [0, 0.05) is 29.2 Å². The molecule has 0 bridgehead atoms. The monoisotopic (exact) mass is 326 g/mol. The first-order chi connectivity index (χ1) is 11.0. The van der Waals surface area contributed by atoms with Crippen LogP contribution in [0.5, 0.6) is 0 Å². The molecule has 0 spiro atoms. The van der Waals surface area contributed by atoms with E-state index >= 15 is 0 Å². The van der Waals surface area contributed by atoms with Crippen LogP contribution >= 0.6 is 12.2 Å². The molecule has 1 heterocycles. The Morgan fingerprint density at radius 3 is 2.61 bits per heavy atom. The molecule has 0 radical (unpaired) electrons. The summed E-state index contributed by atoms with van der Waals surface area (Å²) in [6.45, 7) is 10.5. The van der Waals surface area contributed by atoms with Crippen LogP contribution in [0.4, 0.5) is 0 Å². The number of nitrogens with one attached hydrogen (secondary N) is 2. The van der Waals surface area contributed by atoms with Crippen molar-refractivity contribution in [1.82, 2.24) is 15.3 Å². The minimum atomic E-state index is 0.480. The van der Waals surface area contributed by atoms with E-state index in [1.807, 2.05) is 0 Å². The first kappa shape index (κ1) is 17.0. The van der Waals surface area contributed by atoms with E-state index in [0.29, 0.717) is 11.7 Å². The lowest BCUT2D eigenvalue weighted by Crippen LogP contribution is -2.31. The molecule has 0 saturated carbocycles. The first-order valence-corrected chi connectivity index (χ1v) is 7.87. The highest BCUT2D eigenvalue weighted by Crippen LogP contribution is 2.20. The van der Waals surface area contributed by atoms with Gasteiger partial charge in [-0.1, -0.05) is 23.8 Å². The number of benzene rings is 1. The van der Waals surface area contributed by atoms with E-state index in [4.69, 9.17) is 12.2 Å². The highest BCUT2D eigenvalue weighted by molar-refractivity contribution is 7.80. The van der Waals surface area contributed by atoms with Crippen molar-refractivity contribution in [2.75, 3.05) is 6.54 Å². The Hall–Kier alpha value is -2.40. The Kier molecular flexibility index (Phi) is 5.71. The van der Waals surface area contributed by atoms with Crippen molar-refractivity contribution in [3.8, 4) is 5.69 Å². The number of rotatable bonds is 5. The van der Waals surface area contributed by atoms with Crippen molar-refractivity contribution in [1.29, 1.82) is 0 Å². The van der Waals surface area contributed by atoms with E-state index in [-0.39, 0.29) is 0 Å². The van der Waals surface area contributed by atoms with E-state index in [0.717, 1.165) is 16.9 Å². The summed E-state index contributed by atoms with van der Waals surface area (Å²) in [4.78, 5) is 0. The summed E-state index contributed by atoms with van der Waals surface area (Å²) in [6.07, 6.45) is 3.53. The van der Waals surface area contributed by atoms with Gasteiger partial charge in [0.1, 0.15) is 0 Å². The SMILES string of the molecule is C=CCNC(=S)N/N=C/c1cc(C)n(-c2ccc(C)cc2)c1C. The third-order valence-corrected chi connectivity index (χ3v) is 3.77. The molecular formula is C18H22N4S. The van der Waals surface area contributed by atoms with Gasteiger partial charge in [0.15, 0.2) is 5.11 Å². The standard InChI is InChI=1S/C18H22N4S/c1-5-10-19-18(23)21-20-12-16-11-14(3)22(15(16)4)17-8-6-13(2)7-9-17/h5-9,11-12H,1,10H2,2-4H3,(H2,19,21,23)/b20-12+. The predicted octanol–water partition coefficient (Wildman–Crippen LogP) is 3.39. The normalized spacial score (nSPS) is 10.7. The molecule has 0 saturated heterocycles. The van der Waals surface area contributed by atoms with E-state index < -0.39 is 0 Å². The second-order valence-corrected chi connectivity index (χ2v) is 5.77. The molecule has 0 atom stereocenters. The minimum Gasteiger partial charge on any atom is -0.358 e. The zero-order chi connectivity index (χ0) is 16.8. The number of aryl methyl sites for hydroxylation is 2. The molecule has 4 nitrogen and oxygen atoms in total. The maximum absolute atomic E-state index is 5.10. The third kappa shape index (κ3) is 4.29. The maximum Gasteiger partial charge on any atom is 0.187 e. The number of thiocarbonyl (C=S) groups is 1. The number of hydrogen-bond acceptors (Lipinski definition) is 2. The van der Waals surface area contributed by atoms with Gasteiger partial charge in [-0.05, 0) is 51.2 Å². The van der Waals surface area contributed by atoms with E-state index in [9.17, 15) is 0 Å². The Morgan fingerprint density at radius 2 is 1.96 bits per heavy atom. The van der Waals surface area contributed by atoms with Crippen LogP contribution in [0, 0.1) is 20.8 Å². The van der Waals surface area contributed by atoms with Gasteiger partial charge in [-0.2, -0.15) is 5.10 Å². The van der Waals surface area contributed by atoms with Crippen LogP contribution < -0.4 is 10.7 Å². The molecule has 0 fully saturated rings. The largest absolute Gasteiger partial charge is 0.358 e. The van der Waals surface area contributed by atoms with E-state index in [2.05, 4.69) is 78.1 Å². The van der Waals surface area contributed by atoms with Crippen molar-refractivity contribution in [3.63, 3.8) is 0 Å². The van der Waals surface area contributed by atoms with Gasteiger partial charge in [0.2, 0.25) is 0 Å². The Morgan fingerprint density at radius 1 is 1.26 bits per heavy atom. The maximum atomic E-state index is 5.10. The molecule has 0 aliphatic heterocycles. The fraction of sp³-hybridized carbons (Fsp3) is 0.222. The van der Waals surface area contributed by atoms with Crippen LogP contribution in [-0.2, 0) is 0 Å². The summed E-state index contributed by atoms with van der Waals surface area (Å²) < 4.78 is 2.22. The molecule has 2 aromatic rings. The van der Waals surface area contributed by atoms with Crippen molar-refractivity contribution in [2.45, 2.75) is 20.8 Å². The summed E-state index contributed by atoms with van der Waals surface area (Å²) in [5.74, 6) is 0. The average molecular weight is 326 g/mol. The number of aromatic nitrogens is 1. The fourth-order valence-electron chi connectivity index (χ4n) is 2.37. The molecule has 0 amide bonds. The summed E-state index contributed by atoms with van der Waals surface area (Å²) in [6, 6.07) is 10.6. The second kappa shape index (κ2) is 7.74. The summed E-state index contributed by atoms with van der Waals surface area (Å²) >= 11 is 5.10. The number of hydrazone groups is 1. The Balaban J connectivity index is 2.16. The van der Waals surface area contributed by atoms with Crippen molar-refractivity contribution in [2.24, 2.45) is 5.10 Å². The topological polar surface area (TPSA) is 41.4 Å². The van der Waals surface area contributed by atoms with Gasteiger partial charge in [-0.15, -0.1) is 6.58 Å². The van der Waals surface area contributed by atoms with E-state index in [1.165, 1.54) is 11.3 Å². The zero-order valence-electron chi connectivity index (χ0n) is 13.8. The molecule has 2 rings (SSSR count). The van der Waals surface area contributed by atoms with Crippen LogP contribution in [0.3, 0.4) is 0 Å². The van der Waals surface area contributed by atoms with Gasteiger partial charge in [0.05, 0.1) is 6.21 Å². The molecule has 1 aromatic carbocycles. The van der Waals surface area contributed by atoms with Crippen molar-refractivity contribution in [3.05, 3.63) is 65.5 Å². The van der Waals surface area contributed by atoms with Crippen LogP contribution in [0.1, 0.15) is 22.5 Å². The lowest BCUT2D eigenvalue weighted by molar-refractivity contribution is 0.940. The first-order valence-electron chi connectivity index (χ1n) is 7.46. The van der Waals surface area contributed by atoms with Crippen molar-refractivity contribution >= 4 is 23.5 Å². The smallest absolute Gasteiger partial charge is 0.187 e. The van der Waals surface area contributed by atoms with Gasteiger partial charge in [-0.3, -0.25) is 5.43 Å². The average Bonchev–Trinajstić information content (AvgIpc) is 2.81. The zero-order valence-corrected chi connectivity index (χ0v) is 14.6. The molecule has 0 aliphatic rings. The third-order valence-electron chi connectivity index (χ3n) is 3.54. The number of nitrogens with zero attached hydrogens (tertiary/aromatic N) is 2. The van der Waals surface area contributed by atoms with Crippen molar-refractivity contribution < 1.29 is 0 Å². The highest BCUT2D eigenvalue weighted by atomic mass is 32.1. The number of hydrogen-bond donors (Lipinski definition) is 2. The summed E-state index contributed by atoms with van der Waals surface area (Å²) in [7, 11) is 0. The lowest BCUT2D eigenvalue weighted by atomic mass is 10.2. The molecular weight excluding hydrogens is 304 g/mol. The lowest BCUT2D eigenvalue weighted by Gasteiger charge is -2.09.